The van der Waals surface area contributed by atoms with Crippen molar-refractivity contribution in [2.45, 2.75) is 39.0 Å². The topological polar surface area (TPSA) is 117 Å². The Balaban J connectivity index is 1.50. The van der Waals surface area contributed by atoms with Gasteiger partial charge in [0.25, 0.3) is 5.91 Å². The average Bonchev–Trinajstić information content (AvgIpc) is 3.15. The van der Waals surface area contributed by atoms with Crippen LogP contribution in [0.2, 0.25) is 5.02 Å². The number of hydrogen-bond donors (Lipinski definition) is 4. The van der Waals surface area contributed by atoms with E-state index in [9.17, 15) is 9.90 Å². The lowest BCUT2D eigenvalue weighted by Crippen LogP contribution is -2.45. The van der Waals surface area contributed by atoms with Crippen molar-refractivity contribution in [2.75, 3.05) is 23.3 Å². The number of halogens is 1. The highest BCUT2D eigenvalue weighted by molar-refractivity contribution is 6.33. The number of aromatic amines is 1. The standard InChI is InChI=1S/C24H28ClN5O3/c1-14-12-30(13-15(2)33-14)21-8-5-17(9-19(21)25)10-20-22(23(26)32)24(29-28-20)27-11-16-3-6-18(31)7-4-16/h3-9,14-15,31H,10-13H2,1-2H3,(H2,26,32)(H2,27,28,29)/t14-,15+. The van der Waals surface area contributed by atoms with Crippen LogP contribution < -0.4 is 16.0 Å². The lowest BCUT2D eigenvalue weighted by Gasteiger charge is -2.37. The highest BCUT2D eigenvalue weighted by Gasteiger charge is 2.24. The number of amides is 1. The zero-order chi connectivity index (χ0) is 23.5. The number of carbonyl (C=O) groups excluding carboxylic acids is 1. The van der Waals surface area contributed by atoms with Crippen LogP contribution in [-0.4, -0.2) is 46.5 Å². The van der Waals surface area contributed by atoms with Crippen LogP contribution in [0.5, 0.6) is 5.75 Å². The number of hydrogen-bond acceptors (Lipinski definition) is 6. The lowest BCUT2D eigenvalue weighted by molar-refractivity contribution is -0.00521. The van der Waals surface area contributed by atoms with E-state index in [-0.39, 0.29) is 18.0 Å². The molecule has 2 heterocycles. The first-order valence-corrected chi connectivity index (χ1v) is 11.3. The molecule has 1 aliphatic heterocycles. The summed E-state index contributed by atoms with van der Waals surface area (Å²) in [5.74, 6) is 0.0245. The number of phenolic OH excluding ortho intramolecular Hbond substituents is 1. The molecule has 174 valence electrons. The monoisotopic (exact) mass is 469 g/mol. The van der Waals surface area contributed by atoms with Gasteiger partial charge in [0.1, 0.15) is 11.3 Å². The van der Waals surface area contributed by atoms with Crippen molar-refractivity contribution >= 4 is 29.0 Å². The van der Waals surface area contributed by atoms with Gasteiger partial charge in [-0.25, -0.2) is 0 Å². The molecule has 9 heteroatoms. The number of nitrogens with one attached hydrogen (secondary N) is 2. The van der Waals surface area contributed by atoms with Crippen LogP contribution in [0.1, 0.15) is 41.0 Å². The molecular weight excluding hydrogens is 442 g/mol. The van der Waals surface area contributed by atoms with E-state index in [2.05, 4.69) is 34.3 Å². The molecule has 0 aliphatic carbocycles. The molecule has 8 nitrogen and oxygen atoms in total. The van der Waals surface area contributed by atoms with E-state index in [0.29, 0.717) is 35.1 Å². The minimum atomic E-state index is -0.564. The molecule has 2 atom stereocenters. The fourth-order valence-corrected chi connectivity index (χ4v) is 4.52. The van der Waals surface area contributed by atoms with Gasteiger partial charge >= 0.3 is 0 Å². The SMILES string of the molecule is C[C@@H]1CN(c2ccc(Cc3[nH]nc(NCc4ccc(O)cc4)c3C(N)=O)cc2Cl)C[C@H](C)O1. The molecule has 1 fully saturated rings. The minimum absolute atomic E-state index is 0.139. The second kappa shape index (κ2) is 9.72. The zero-order valence-electron chi connectivity index (χ0n) is 18.6. The summed E-state index contributed by atoms with van der Waals surface area (Å²) in [7, 11) is 0. The maximum atomic E-state index is 12.2. The number of aromatic nitrogens is 2. The molecule has 2 aromatic carbocycles. The largest absolute Gasteiger partial charge is 0.508 e. The van der Waals surface area contributed by atoms with E-state index in [1.54, 1.807) is 24.3 Å². The fraction of sp³-hybridized carbons (Fsp3) is 0.333. The molecule has 0 bridgehead atoms. The maximum absolute atomic E-state index is 12.2. The summed E-state index contributed by atoms with van der Waals surface area (Å²) in [6.07, 6.45) is 0.711. The Morgan fingerprint density at radius 2 is 1.88 bits per heavy atom. The number of carbonyl (C=O) groups is 1. The quantitative estimate of drug-likeness (QED) is 0.419. The zero-order valence-corrected chi connectivity index (χ0v) is 19.4. The Hall–Kier alpha value is -3.23. The van der Waals surface area contributed by atoms with Crippen molar-refractivity contribution in [1.82, 2.24) is 10.2 Å². The van der Waals surface area contributed by atoms with Crippen molar-refractivity contribution in [3.05, 3.63) is 69.9 Å². The number of nitrogens with zero attached hydrogens (tertiary/aromatic N) is 2. The molecule has 5 N–H and O–H groups in total. The minimum Gasteiger partial charge on any atom is -0.508 e. The third kappa shape index (κ3) is 5.40. The van der Waals surface area contributed by atoms with Gasteiger partial charge in [0, 0.05) is 26.1 Å². The number of primary amides is 1. The summed E-state index contributed by atoms with van der Waals surface area (Å²) in [6, 6.07) is 12.7. The predicted molar refractivity (Wildman–Crippen MR) is 129 cm³/mol. The molecule has 33 heavy (non-hydrogen) atoms. The first-order valence-electron chi connectivity index (χ1n) is 10.9. The van der Waals surface area contributed by atoms with Crippen LogP contribution >= 0.6 is 11.6 Å². The molecule has 1 amide bonds. The van der Waals surface area contributed by atoms with Crippen LogP contribution in [0.25, 0.3) is 0 Å². The van der Waals surface area contributed by atoms with Gasteiger partial charge in [-0.2, -0.15) is 5.10 Å². The lowest BCUT2D eigenvalue weighted by atomic mass is 10.0. The second-order valence-corrected chi connectivity index (χ2v) is 8.84. The molecule has 0 unspecified atom stereocenters. The number of benzene rings is 2. The van der Waals surface area contributed by atoms with Crippen molar-refractivity contribution < 1.29 is 14.6 Å². The third-order valence-corrected chi connectivity index (χ3v) is 5.94. The van der Waals surface area contributed by atoms with E-state index >= 15 is 0 Å². The van der Waals surface area contributed by atoms with Crippen LogP contribution in [0.4, 0.5) is 11.5 Å². The van der Waals surface area contributed by atoms with Crippen molar-refractivity contribution in [2.24, 2.45) is 5.73 Å². The average molecular weight is 470 g/mol. The molecule has 1 aliphatic rings. The number of H-pyrrole nitrogens is 1. The third-order valence-electron chi connectivity index (χ3n) is 5.64. The number of anilines is 2. The summed E-state index contributed by atoms with van der Waals surface area (Å²) in [5.41, 5.74) is 9.45. The van der Waals surface area contributed by atoms with E-state index in [0.717, 1.165) is 29.9 Å². The highest BCUT2D eigenvalue weighted by Crippen LogP contribution is 2.31. The van der Waals surface area contributed by atoms with E-state index in [1.165, 1.54) is 0 Å². The van der Waals surface area contributed by atoms with Crippen LogP contribution in [0.15, 0.2) is 42.5 Å². The van der Waals surface area contributed by atoms with Gasteiger partial charge in [0.15, 0.2) is 5.82 Å². The molecule has 1 saturated heterocycles. The summed E-state index contributed by atoms with van der Waals surface area (Å²) in [5, 5.41) is 20.4. The highest BCUT2D eigenvalue weighted by atomic mass is 35.5. The van der Waals surface area contributed by atoms with E-state index < -0.39 is 5.91 Å². The summed E-state index contributed by atoms with van der Waals surface area (Å²) >= 11 is 6.63. The predicted octanol–water partition coefficient (Wildman–Crippen LogP) is 3.68. The molecule has 0 saturated carbocycles. The van der Waals surface area contributed by atoms with Crippen LogP contribution in [-0.2, 0) is 17.7 Å². The van der Waals surface area contributed by atoms with Crippen molar-refractivity contribution in [3.63, 3.8) is 0 Å². The van der Waals surface area contributed by atoms with Crippen LogP contribution in [0, 0.1) is 0 Å². The summed E-state index contributed by atoms with van der Waals surface area (Å²) in [4.78, 5) is 14.4. The maximum Gasteiger partial charge on any atom is 0.254 e. The first kappa shape index (κ1) is 22.9. The number of morpholine rings is 1. The molecular formula is C24H28ClN5O3. The Morgan fingerprint density at radius 1 is 1.21 bits per heavy atom. The van der Waals surface area contributed by atoms with Gasteiger partial charge in [0.2, 0.25) is 0 Å². The number of rotatable bonds is 7. The van der Waals surface area contributed by atoms with E-state index in [1.807, 2.05) is 18.2 Å². The fourth-order valence-electron chi connectivity index (χ4n) is 4.19. The smallest absolute Gasteiger partial charge is 0.254 e. The van der Waals surface area contributed by atoms with Crippen molar-refractivity contribution in [1.29, 1.82) is 0 Å². The number of phenols is 1. The van der Waals surface area contributed by atoms with Gasteiger partial charge in [-0.3, -0.25) is 9.89 Å². The van der Waals surface area contributed by atoms with Gasteiger partial charge in [0.05, 0.1) is 28.6 Å². The molecule has 0 radical (unpaired) electrons. The molecule has 4 rings (SSSR count). The second-order valence-electron chi connectivity index (χ2n) is 8.43. The Morgan fingerprint density at radius 3 is 2.52 bits per heavy atom. The normalized spacial score (nSPS) is 18.3. The Bertz CT molecular complexity index is 1120. The van der Waals surface area contributed by atoms with Gasteiger partial charge in [-0.1, -0.05) is 29.8 Å². The summed E-state index contributed by atoms with van der Waals surface area (Å²) in [6.45, 7) is 6.11. The Labute approximate surface area is 197 Å². The molecule has 1 aromatic heterocycles. The molecule has 0 spiro atoms. The Kier molecular flexibility index (Phi) is 6.76. The number of aromatic hydroxyl groups is 1. The van der Waals surface area contributed by atoms with Crippen LogP contribution in [0.3, 0.4) is 0 Å². The molecule has 3 aromatic rings. The van der Waals surface area contributed by atoms with Gasteiger partial charge in [-0.15, -0.1) is 0 Å². The number of ether oxygens (including phenoxy) is 1. The first-order chi connectivity index (χ1) is 15.8. The van der Waals surface area contributed by atoms with Gasteiger partial charge in [-0.05, 0) is 49.2 Å². The van der Waals surface area contributed by atoms with E-state index in [4.69, 9.17) is 22.1 Å². The summed E-state index contributed by atoms with van der Waals surface area (Å²) < 4.78 is 5.81. The number of nitrogens with two attached hydrogens (primary N) is 1. The van der Waals surface area contributed by atoms with Gasteiger partial charge < -0.3 is 25.8 Å². The van der Waals surface area contributed by atoms with Crippen molar-refractivity contribution in [3.8, 4) is 5.75 Å².